The van der Waals surface area contributed by atoms with Gasteiger partial charge in [0, 0.05) is 93.4 Å². The second-order valence-corrected chi connectivity index (χ2v) is 36.4. The number of oxazole rings is 2. The van der Waals surface area contributed by atoms with E-state index in [9.17, 15) is 44.1 Å². The molecule has 0 aliphatic carbocycles. The first-order valence-corrected chi connectivity index (χ1v) is 40.7. The molecule has 3 saturated heterocycles. The van der Waals surface area contributed by atoms with E-state index in [2.05, 4.69) is 111 Å². The lowest BCUT2D eigenvalue weighted by atomic mass is 9.88. The van der Waals surface area contributed by atoms with Gasteiger partial charge in [-0.25, -0.2) is 9.97 Å². The number of carbonyl (C=O) groups is 6. The van der Waals surface area contributed by atoms with Gasteiger partial charge in [-0.05, 0) is 143 Å². The number of carbonyl (C=O) groups excluding carboxylic acids is 6. The second kappa shape index (κ2) is 36.2. The minimum Gasteiger partial charge on any atom is -0.443 e. The lowest BCUT2D eigenvalue weighted by molar-refractivity contribution is -0.142. The van der Waals surface area contributed by atoms with E-state index in [4.69, 9.17) is 13.4 Å². The van der Waals surface area contributed by atoms with Gasteiger partial charge < -0.3 is 43.4 Å². The third-order valence-corrected chi connectivity index (χ3v) is 23.0. The standard InChI is InChI=1S/2C31H42N4O4.C29H38N4O4/c1-18(2)29(35-15-23(14-32-35)31(6,7)8)30(38)34-16-24(36)13-27(34)28(37)12-20(4)25-10-9-22(11-19(25)3)26-17-39-33-21(26)5;1-18(2)28(35-15-23(14-33-35)31(6,7)8)30(38)34-16-24(36)13-26(34)27(37)12-20(4)25-10-9-22(11-19(25)3)29-21(5)32-17-39-29;1-18(2)26(33-15-22(14-31-33)29(4,5)6)28(36)32-16-23(34)13-24(32)25(35)12-9-20-7-10-21(11-8-20)27-19(3)30-17-37-27/h9-11,14-15,17-18,20,24,27,29,36H,12-13,16H2,1-8H3;9-11,14-15,17-18,20,24,26,28,36H,12-13,16H2,1-8H3;7-8,10-11,14-15,17-18,23-24,26,34H,9,12-13,16H2,1-6H3. The van der Waals surface area contributed by atoms with Crippen molar-refractivity contribution in [2.45, 2.75) is 280 Å². The van der Waals surface area contributed by atoms with Crippen molar-refractivity contribution in [2.75, 3.05) is 19.6 Å². The number of aliphatic hydroxyl groups is 3. The summed E-state index contributed by atoms with van der Waals surface area (Å²) in [7, 11) is 0. The van der Waals surface area contributed by atoms with E-state index in [0.717, 1.165) is 95.4 Å². The number of hydrogen-bond acceptors (Lipinski definition) is 18. The fourth-order valence-corrected chi connectivity index (χ4v) is 16.2. The van der Waals surface area contributed by atoms with E-state index in [0.29, 0.717) is 12.8 Å². The fraction of sp³-hybridized carbons (Fsp3) is 0.538. The van der Waals surface area contributed by atoms with Gasteiger partial charge >= 0.3 is 0 Å². The summed E-state index contributed by atoms with van der Waals surface area (Å²) in [6.45, 7) is 45.2. The van der Waals surface area contributed by atoms with Crippen molar-refractivity contribution in [3.63, 3.8) is 0 Å². The Morgan fingerprint density at radius 1 is 0.461 bits per heavy atom. The molecule has 3 aliphatic rings. The number of nitrogens with zero attached hydrogens (tertiary/aromatic N) is 12. The van der Waals surface area contributed by atoms with Gasteiger partial charge in [0.1, 0.15) is 24.4 Å². The highest BCUT2D eigenvalue weighted by atomic mass is 16.5. The van der Waals surface area contributed by atoms with Gasteiger partial charge in [-0.1, -0.05) is 177 Å². The molecule has 3 fully saturated rings. The number of aromatic nitrogens is 9. The first-order valence-electron chi connectivity index (χ1n) is 40.7. The maximum atomic E-state index is 13.9. The van der Waals surface area contributed by atoms with Gasteiger partial charge in [-0.15, -0.1) is 0 Å². The molecule has 3 amide bonds. The van der Waals surface area contributed by atoms with Gasteiger partial charge in [-0.3, -0.25) is 42.8 Å². The summed E-state index contributed by atoms with van der Waals surface area (Å²) in [4.78, 5) is 95.1. The molecule has 24 heteroatoms. The summed E-state index contributed by atoms with van der Waals surface area (Å²) in [6.07, 6.45) is 15.8. The summed E-state index contributed by atoms with van der Waals surface area (Å²) in [5, 5.41) is 49.0. The molecule has 0 spiro atoms. The quantitative estimate of drug-likeness (QED) is 0.0506. The van der Waals surface area contributed by atoms with Gasteiger partial charge in [0.2, 0.25) is 17.7 Å². The Labute approximate surface area is 677 Å². The zero-order chi connectivity index (χ0) is 84.2. The molecule has 618 valence electrons. The molecule has 3 aliphatic heterocycles. The molecule has 12 rings (SSSR count). The topological polar surface area (TPSA) is 304 Å². The number of Topliss-reactive ketones (excluding diaryl/α,β-unsaturated/α-hetero) is 3. The molecule has 11 atom stereocenters. The molecule has 6 aromatic heterocycles. The first kappa shape index (κ1) is 87.6. The smallest absolute Gasteiger partial charge is 0.248 e. The number of likely N-dealkylation sites (tertiary alicyclic amines) is 3. The largest absolute Gasteiger partial charge is 0.443 e. The van der Waals surface area contributed by atoms with Gasteiger partial charge in [0.15, 0.2) is 41.7 Å². The van der Waals surface area contributed by atoms with Crippen LogP contribution in [0.3, 0.4) is 0 Å². The van der Waals surface area contributed by atoms with Crippen LogP contribution in [0.2, 0.25) is 0 Å². The lowest BCUT2D eigenvalue weighted by Crippen LogP contribution is -2.46. The molecule has 24 nitrogen and oxygen atoms in total. The Morgan fingerprint density at radius 3 is 1.13 bits per heavy atom. The Hall–Kier alpha value is -9.78. The average molecular weight is 1580 g/mol. The molecular formula is C91H122N12O12. The summed E-state index contributed by atoms with van der Waals surface area (Å²) < 4.78 is 21.2. The first-order chi connectivity index (χ1) is 54.0. The van der Waals surface area contributed by atoms with Crippen molar-refractivity contribution in [1.82, 2.24) is 59.2 Å². The molecular weight excluding hydrogens is 1450 g/mol. The number of hydrogen-bond donors (Lipinski definition) is 3. The van der Waals surface area contributed by atoms with Gasteiger partial charge in [-0.2, -0.15) is 15.3 Å². The summed E-state index contributed by atoms with van der Waals surface area (Å²) >= 11 is 0. The van der Waals surface area contributed by atoms with Crippen molar-refractivity contribution >= 4 is 35.1 Å². The minimum atomic E-state index is -0.722. The monoisotopic (exact) mass is 1570 g/mol. The number of amides is 3. The zero-order valence-electron chi connectivity index (χ0n) is 71.5. The van der Waals surface area contributed by atoms with Crippen LogP contribution in [0, 0.1) is 52.4 Å². The van der Waals surface area contributed by atoms with Gasteiger partial charge in [0.05, 0.1) is 72.1 Å². The molecule has 115 heavy (non-hydrogen) atoms. The van der Waals surface area contributed by atoms with Crippen LogP contribution < -0.4 is 0 Å². The minimum absolute atomic E-state index is 0.0240. The Morgan fingerprint density at radius 2 is 0.809 bits per heavy atom. The molecule has 11 unspecified atom stereocenters. The lowest BCUT2D eigenvalue weighted by Gasteiger charge is -2.30. The fourth-order valence-electron chi connectivity index (χ4n) is 16.2. The van der Waals surface area contributed by atoms with Crippen LogP contribution in [0.4, 0.5) is 0 Å². The van der Waals surface area contributed by atoms with Crippen LogP contribution in [-0.4, -0.2) is 166 Å². The third kappa shape index (κ3) is 20.5. The van der Waals surface area contributed by atoms with E-state index in [-0.39, 0.29) is 133 Å². The van der Waals surface area contributed by atoms with E-state index in [1.807, 2.05) is 163 Å². The maximum absolute atomic E-state index is 13.9. The third-order valence-electron chi connectivity index (χ3n) is 23.0. The Balaban J connectivity index is 0.000000182. The van der Waals surface area contributed by atoms with Gasteiger partial charge in [0.25, 0.3) is 0 Å². The van der Waals surface area contributed by atoms with Crippen LogP contribution in [0.15, 0.2) is 130 Å². The van der Waals surface area contributed by atoms with Crippen molar-refractivity contribution in [3.05, 3.63) is 178 Å². The van der Waals surface area contributed by atoms with Crippen LogP contribution in [-0.2, 0) is 51.4 Å². The normalized spacial score (nSPS) is 19.3. The highest BCUT2D eigenvalue weighted by molar-refractivity contribution is 5.93. The van der Waals surface area contributed by atoms with E-state index < -0.39 is 54.6 Å². The predicted molar refractivity (Wildman–Crippen MR) is 442 cm³/mol. The number of aliphatic hydroxyl groups excluding tert-OH is 3. The maximum Gasteiger partial charge on any atom is 0.248 e. The van der Waals surface area contributed by atoms with Crippen LogP contribution in [0.25, 0.3) is 33.8 Å². The Kier molecular flexibility index (Phi) is 27.6. The number of benzene rings is 3. The van der Waals surface area contributed by atoms with Crippen molar-refractivity contribution in [3.8, 4) is 33.8 Å². The highest BCUT2D eigenvalue weighted by Crippen LogP contribution is 2.38. The van der Waals surface area contributed by atoms with Crippen molar-refractivity contribution in [1.29, 1.82) is 0 Å². The molecule has 9 heterocycles. The van der Waals surface area contributed by atoms with E-state index in [1.54, 1.807) is 41.2 Å². The van der Waals surface area contributed by atoms with Crippen molar-refractivity contribution in [2.24, 2.45) is 17.8 Å². The number of aryl methyl sites for hydroxylation is 6. The molecule has 0 saturated carbocycles. The summed E-state index contributed by atoms with van der Waals surface area (Å²) in [5.74, 6) is 0.726. The van der Waals surface area contributed by atoms with Crippen LogP contribution in [0.5, 0.6) is 0 Å². The summed E-state index contributed by atoms with van der Waals surface area (Å²) in [6, 6.07) is 16.6. The molecule has 9 aromatic rings. The number of rotatable bonds is 24. The second-order valence-electron chi connectivity index (χ2n) is 36.4. The van der Waals surface area contributed by atoms with E-state index >= 15 is 0 Å². The predicted octanol–water partition coefficient (Wildman–Crippen LogP) is 15.3. The van der Waals surface area contributed by atoms with Crippen LogP contribution >= 0.6 is 0 Å². The van der Waals surface area contributed by atoms with Crippen molar-refractivity contribution < 1.29 is 57.4 Å². The summed E-state index contributed by atoms with van der Waals surface area (Å²) in [5.41, 5.74) is 14.6. The van der Waals surface area contributed by atoms with E-state index in [1.165, 1.54) is 12.8 Å². The highest BCUT2D eigenvalue weighted by Gasteiger charge is 2.46. The average Bonchev–Trinajstić information content (AvgIpc) is 1.62. The molecule has 3 N–H and O–H groups in total. The Bertz CT molecular complexity index is 4650. The number of β-amino-alcohol motifs (C(OH)–C–C–N with tert-alkyl or cyclic N) is 3. The molecule has 3 aromatic carbocycles. The number of ketones is 3. The SMILES string of the molecule is Cc1cc(-c2conc2C)ccc1C(C)CC(=O)C1CC(O)CN1C(=O)C(C(C)C)n1cc(C(C)(C)C)cn1.Cc1cc(-c2ocnc2C)ccc1C(C)CC(=O)C1CC(O)CN1C(=O)C(C(C)C)n1cc(C(C)(C)C)cn1.Cc1ncoc1-c1ccc(CCC(=O)C2CC(O)CN2C(=O)C(C(C)C)n2cc(C(C)(C)C)cn2)cc1. The van der Waals surface area contributed by atoms with Crippen LogP contribution in [0.1, 0.15) is 248 Å². The molecule has 0 radical (unpaired) electrons. The molecule has 0 bridgehead atoms. The zero-order valence-corrected chi connectivity index (χ0v) is 71.5.